The summed E-state index contributed by atoms with van der Waals surface area (Å²) in [4.78, 5) is 37.0. The summed E-state index contributed by atoms with van der Waals surface area (Å²) in [5.74, 6) is 0.291. The Morgan fingerprint density at radius 2 is 1.80 bits per heavy atom. The maximum Gasteiger partial charge on any atom is 0.387 e. The summed E-state index contributed by atoms with van der Waals surface area (Å²) in [5, 5.41) is -0.234. The van der Waals surface area contributed by atoms with E-state index in [-0.39, 0.29) is 33.9 Å². The van der Waals surface area contributed by atoms with E-state index in [0.717, 1.165) is 39.0 Å². The lowest BCUT2D eigenvalue weighted by atomic mass is 10.0. The fourth-order valence-electron chi connectivity index (χ4n) is 5.16. The first-order valence-electron chi connectivity index (χ1n) is 14.7. The number of alkyl halides is 2. The van der Waals surface area contributed by atoms with E-state index in [1.807, 2.05) is 0 Å². The van der Waals surface area contributed by atoms with E-state index in [4.69, 9.17) is 37.4 Å². The first kappa shape index (κ1) is 33.0. The standard InChI is InChI=1S/C30H36Cl2F2N4O5S/c1-36-8-10-37(11-9-36)7-6-27(39)38-12-13-44-28(38)29(40)42-25(15-21-22(31)16-35-17-23(21)32)20-4-5-24(43-30(33)34)26(14-20)41-18-19-2-3-19/h4-5,14,16-17,19,25,28,30H,2-3,6-13,15,18H2,1H3/t25-,28-/m0/s1. The second-order valence-electron chi connectivity index (χ2n) is 11.3. The number of carbonyl (C=O) groups is 2. The molecule has 0 radical (unpaired) electrons. The lowest BCUT2D eigenvalue weighted by Gasteiger charge is -2.32. The van der Waals surface area contributed by atoms with E-state index in [9.17, 15) is 18.4 Å². The maximum absolute atomic E-state index is 13.7. The Morgan fingerprint density at radius 3 is 2.48 bits per heavy atom. The van der Waals surface area contributed by atoms with Crippen molar-refractivity contribution in [3.63, 3.8) is 0 Å². The molecule has 2 aromatic rings. The van der Waals surface area contributed by atoms with Crippen LogP contribution in [0.2, 0.25) is 10.0 Å². The van der Waals surface area contributed by atoms with Crippen molar-refractivity contribution in [1.29, 1.82) is 0 Å². The van der Waals surface area contributed by atoms with Gasteiger partial charge in [0.2, 0.25) is 5.91 Å². The molecule has 0 unspecified atom stereocenters. The number of pyridine rings is 1. The molecule has 1 saturated carbocycles. The third-order valence-corrected chi connectivity index (χ3v) is 9.81. The van der Waals surface area contributed by atoms with Crippen molar-refractivity contribution in [3.8, 4) is 11.5 Å². The van der Waals surface area contributed by atoms with E-state index in [2.05, 4.69) is 21.8 Å². The summed E-state index contributed by atoms with van der Waals surface area (Å²) in [6.45, 7) is 2.12. The highest BCUT2D eigenvalue weighted by molar-refractivity contribution is 8.00. The molecule has 1 aliphatic carbocycles. The molecule has 14 heteroatoms. The smallest absolute Gasteiger partial charge is 0.387 e. The molecule has 3 heterocycles. The lowest BCUT2D eigenvalue weighted by Crippen LogP contribution is -2.46. The summed E-state index contributed by atoms with van der Waals surface area (Å²) in [7, 11) is 2.08. The molecular formula is C30H36Cl2F2N4O5S. The van der Waals surface area contributed by atoms with Crippen molar-refractivity contribution in [2.45, 2.75) is 43.8 Å². The summed E-state index contributed by atoms with van der Waals surface area (Å²) >= 11 is 14.2. The zero-order valence-electron chi connectivity index (χ0n) is 24.4. The number of rotatable bonds is 13. The van der Waals surface area contributed by atoms with Gasteiger partial charge in [0.1, 0.15) is 6.10 Å². The van der Waals surface area contributed by atoms with Crippen LogP contribution in [0, 0.1) is 5.92 Å². The fraction of sp³-hybridized carbons (Fsp3) is 0.567. The van der Waals surface area contributed by atoms with Gasteiger partial charge in [-0.2, -0.15) is 8.78 Å². The van der Waals surface area contributed by atoms with Crippen LogP contribution >= 0.6 is 35.0 Å². The monoisotopic (exact) mass is 672 g/mol. The van der Waals surface area contributed by atoms with Crippen LogP contribution in [0.3, 0.4) is 0 Å². The van der Waals surface area contributed by atoms with Crippen LogP contribution < -0.4 is 9.47 Å². The number of hydrogen-bond acceptors (Lipinski definition) is 9. The Balaban J connectivity index is 1.34. The molecule has 0 spiro atoms. The van der Waals surface area contributed by atoms with Crippen molar-refractivity contribution in [2.75, 3.05) is 58.7 Å². The van der Waals surface area contributed by atoms with Crippen molar-refractivity contribution >= 4 is 46.8 Å². The van der Waals surface area contributed by atoms with Crippen LogP contribution in [0.15, 0.2) is 30.6 Å². The Hall–Kier alpha value is -2.38. The minimum absolute atomic E-state index is 0.0811. The number of halogens is 4. The van der Waals surface area contributed by atoms with Gasteiger partial charge in [-0.15, -0.1) is 11.8 Å². The Kier molecular flexibility index (Phi) is 11.5. The lowest BCUT2D eigenvalue weighted by molar-refractivity contribution is -0.155. The molecule has 9 nitrogen and oxygen atoms in total. The van der Waals surface area contributed by atoms with Gasteiger partial charge in [0.15, 0.2) is 16.9 Å². The molecule has 3 aliphatic rings. The highest BCUT2D eigenvalue weighted by Crippen LogP contribution is 2.38. The number of hydrogen-bond donors (Lipinski definition) is 0. The normalized spacial score (nSPS) is 20.1. The van der Waals surface area contributed by atoms with Gasteiger partial charge in [0.25, 0.3) is 0 Å². The van der Waals surface area contributed by atoms with Gasteiger partial charge in [0.05, 0.1) is 16.7 Å². The van der Waals surface area contributed by atoms with E-state index < -0.39 is 24.1 Å². The zero-order chi connectivity index (χ0) is 31.2. The van der Waals surface area contributed by atoms with Crippen LogP contribution in [0.5, 0.6) is 11.5 Å². The molecule has 0 bridgehead atoms. The molecule has 5 rings (SSSR count). The number of aromatic nitrogens is 1. The third kappa shape index (κ3) is 8.87. The number of carbonyl (C=O) groups excluding carboxylic acids is 2. The molecule has 1 aromatic carbocycles. The molecular weight excluding hydrogens is 637 g/mol. The Bertz CT molecular complexity index is 1300. The van der Waals surface area contributed by atoms with Crippen LogP contribution in [0.1, 0.15) is 36.5 Å². The van der Waals surface area contributed by atoms with Crippen LogP contribution in [0.4, 0.5) is 8.78 Å². The second kappa shape index (κ2) is 15.3. The van der Waals surface area contributed by atoms with E-state index >= 15 is 0 Å². The minimum Gasteiger partial charge on any atom is -0.489 e. The summed E-state index contributed by atoms with van der Waals surface area (Å²) in [6.07, 6.45) is 4.37. The summed E-state index contributed by atoms with van der Waals surface area (Å²) in [6, 6.07) is 4.46. The molecule has 2 aliphatic heterocycles. The second-order valence-corrected chi connectivity index (χ2v) is 13.3. The number of ether oxygens (including phenoxy) is 3. The summed E-state index contributed by atoms with van der Waals surface area (Å²) in [5.41, 5.74) is 0.985. The van der Waals surface area contributed by atoms with Crippen molar-refractivity contribution < 1.29 is 32.6 Å². The average Bonchev–Trinajstić information content (AvgIpc) is 3.69. The van der Waals surface area contributed by atoms with Crippen molar-refractivity contribution in [2.24, 2.45) is 5.92 Å². The number of thioether (sulfide) groups is 1. The van der Waals surface area contributed by atoms with Crippen molar-refractivity contribution in [3.05, 3.63) is 51.8 Å². The largest absolute Gasteiger partial charge is 0.489 e. The third-order valence-electron chi connectivity index (χ3n) is 7.98. The van der Waals surface area contributed by atoms with Crippen LogP contribution in [0.25, 0.3) is 0 Å². The Labute approximate surface area is 270 Å². The number of benzene rings is 1. The molecule has 1 aromatic heterocycles. The van der Waals surface area contributed by atoms with Gasteiger partial charge in [-0.25, -0.2) is 4.79 Å². The minimum atomic E-state index is -3.04. The first-order chi connectivity index (χ1) is 21.2. The Morgan fingerprint density at radius 1 is 1.07 bits per heavy atom. The van der Waals surface area contributed by atoms with Gasteiger partial charge < -0.3 is 28.9 Å². The van der Waals surface area contributed by atoms with E-state index in [1.54, 1.807) is 17.0 Å². The van der Waals surface area contributed by atoms with E-state index in [1.165, 1.54) is 30.2 Å². The molecule has 2 atom stereocenters. The maximum atomic E-state index is 13.7. The highest BCUT2D eigenvalue weighted by Gasteiger charge is 2.38. The van der Waals surface area contributed by atoms with Gasteiger partial charge in [-0.1, -0.05) is 29.3 Å². The fourth-order valence-corrected chi connectivity index (χ4v) is 6.80. The van der Waals surface area contributed by atoms with Crippen LogP contribution in [-0.4, -0.2) is 102 Å². The molecule has 44 heavy (non-hydrogen) atoms. The number of esters is 1. The highest BCUT2D eigenvalue weighted by atomic mass is 35.5. The number of nitrogens with zero attached hydrogens (tertiary/aromatic N) is 4. The van der Waals surface area contributed by atoms with Gasteiger partial charge in [0, 0.05) is 70.3 Å². The average molecular weight is 674 g/mol. The number of likely N-dealkylation sites (N-methyl/N-ethyl adjacent to an activating group) is 1. The zero-order valence-corrected chi connectivity index (χ0v) is 26.8. The number of amides is 1. The van der Waals surface area contributed by atoms with Crippen LogP contribution in [-0.2, 0) is 20.7 Å². The predicted molar refractivity (Wildman–Crippen MR) is 165 cm³/mol. The first-order valence-corrected chi connectivity index (χ1v) is 16.5. The SMILES string of the molecule is CN1CCN(CCC(=O)N2CCS[C@H]2C(=O)O[C@@H](Cc2c(Cl)cncc2Cl)c2ccc(OC(F)F)c(OCC3CC3)c2)CC1. The summed E-state index contributed by atoms with van der Waals surface area (Å²) < 4.78 is 42.9. The van der Waals surface area contributed by atoms with Gasteiger partial charge in [-0.3, -0.25) is 9.78 Å². The van der Waals surface area contributed by atoms with Gasteiger partial charge >= 0.3 is 12.6 Å². The molecule has 240 valence electrons. The molecule has 3 fully saturated rings. The number of piperazine rings is 1. The van der Waals surface area contributed by atoms with E-state index in [0.29, 0.717) is 48.9 Å². The molecule has 2 saturated heterocycles. The predicted octanol–water partition coefficient (Wildman–Crippen LogP) is 5.14. The van der Waals surface area contributed by atoms with Crippen molar-refractivity contribution in [1.82, 2.24) is 19.7 Å². The topological polar surface area (TPSA) is 84.4 Å². The molecule has 0 N–H and O–H groups in total. The van der Waals surface area contributed by atoms with Gasteiger partial charge in [-0.05, 0) is 49.1 Å². The quantitative estimate of drug-likeness (QED) is 0.269. The molecule has 1 amide bonds.